The molecule has 0 fully saturated rings. The van der Waals surface area contributed by atoms with Crippen molar-refractivity contribution in [3.8, 4) is 0 Å². The monoisotopic (exact) mass is 172 g/mol. The van der Waals surface area contributed by atoms with Crippen molar-refractivity contribution in [1.29, 1.82) is 0 Å². The second kappa shape index (κ2) is 4.83. The first-order valence-electron chi connectivity index (χ1n) is 4.98. The fraction of sp³-hybridized carbons (Fsp3) is 1.00. The Morgan fingerprint density at radius 3 is 1.92 bits per heavy atom. The van der Waals surface area contributed by atoms with Crippen molar-refractivity contribution in [3.63, 3.8) is 0 Å². The number of nitrogens with zero attached hydrogens (tertiary/aromatic N) is 1. The Hall–Kier alpha value is -0.0800. The van der Waals surface area contributed by atoms with Crippen LogP contribution in [0.3, 0.4) is 0 Å². The summed E-state index contributed by atoms with van der Waals surface area (Å²) >= 11 is 0. The van der Waals surface area contributed by atoms with Crippen molar-refractivity contribution < 1.29 is 0 Å². The van der Waals surface area contributed by atoms with Crippen molar-refractivity contribution in [3.05, 3.63) is 0 Å². The first kappa shape index (κ1) is 11.9. The molecule has 0 aliphatic carbocycles. The second-order valence-corrected chi connectivity index (χ2v) is 3.93. The van der Waals surface area contributed by atoms with Crippen molar-refractivity contribution in [2.75, 3.05) is 13.1 Å². The Balaban J connectivity index is 4.43. The molecule has 0 rings (SSSR count). The van der Waals surface area contributed by atoms with Crippen LogP contribution in [0.4, 0.5) is 0 Å². The van der Waals surface area contributed by atoms with Gasteiger partial charge in [0.25, 0.3) is 0 Å². The van der Waals surface area contributed by atoms with Gasteiger partial charge in [0.2, 0.25) is 0 Å². The summed E-state index contributed by atoms with van der Waals surface area (Å²) in [7, 11) is 0. The van der Waals surface area contributed by atoms with Crippen LogP contribution in [0.25, 0.3) is 0 Å². The van der Waals surface area contributed by atoms with Crippen molar-refractivity contribution in [2.45, 2.75) is 52.6 Å². The second-order valence-electron chi connectivity index (χ2n) is 3.93. The summed E-state index contributed by atoms with van der Waals surface area (Å²) in [6.07, 6.45) is 1.12. The van der Waals surface area contributed by atoms with Gasteiger partial charge in [-0.05, 0) is 33.7 Å². The van der Waals surface area contributed by atoms with E-state index in [0.717, 1.165) is 19.5 Å². The molecule has 74 valence electrons. The molecule has 0 saturated heterocycles. The highest BCUT2D eigenvalue weighted by Gasteiger charge is 2.28. The molecular formula is C10H24N2. The third kappa shape index (κ3) is 2.46. The average Bonchev–Trinajstić information content (AvgIpc) is 2.04. The minimum atomic E-state index is 0.183. The molecular weight excluding hydrogens is 148 g/mol. The summed E-state index contributed by atoms with van der Waals surface area (Å²) in [5.74, 6) is 0. The molecule has 12 heavy (non-hydrogen) atoms. The topological polar surface area (TPSA) is 29.3 Å². The molecule has 0 aromatic carbocycles. The standard InChI is InChI=1S/C10H24N2/c1-6-10(5,8-11)12(7-2)9(3)4/h9H,6-8,11H2,1-5H3. The summed E-state index contributed by atoms with van der Waals surface area (Å²) < 4.78 is 0. The summed E-state index contributed by atoms with van der Waals surface area (Å²) in [6.45, 7) is 12.9. The first-order valence-corrected chi connectivity index (χ1v) is 4.98. The summed E-state index contributed by atoms with van der Waals surface area (Å²) in [6, 6.07) is 0.587. The normalized spacial score (nSPS) is 17.0. The minimum absolute atomic E-state index is 0.183. The highest BCUT2D eigenvalue weighted by molar-refractivity contribution is 4.87. The van der Waals surface area contributed by atoms with Crippen molar-refractivity contribution in [1.82, 2.24) is 4.90 Å². The SMILES string of the molecule is CCN(C(C)C)C(C)(CC)CN. The molecule has 0 aromatic rings. The molecule has 0 spiro atoms. The lowest BCUT2D eigenvalue weighted by Crippen LogP contribution is -2.54. The van der Waals surface area contributed by atoms with Gasteiger partial charge in [-0.1, -0.05) is 13.8 Å². The number of rotatable bonds is 5. The zero-order valence-corrected chi connectivity index (χ0v) is 9.22. The first-order chi connectivity index (χ1) is 5.51. The number of nitrogens with two attached hydrogens (primary N) is 1. The molecule has 2 nitrogen and oxygen atoms in total. The fourth-order valence-corrected chi connectivity index (χ4v) is 1.83. The predicted octanol–water partition coefficient (Wildman–Crippen LogP) is 1.84. The van der Waals surface area contributed by atoms with Gasteiger partial charge < -0.3 is 5.73 Å². The van der Waals surface area contributed by atoms with Crippen LogP contribution in [0.5, 0.6) is 0 Å². The van der Waals surface area contributed by atoms with E-state index in [4.69, 9.17) is 5.73 Å². The van der Waals surface area contributed by atoms with Gasteiger partial charge in [-0.2, -0.15) is 0 Å². The third-order valence-corrected chi connectivity index (χ3v) is 2.86. The molecule has 2 heteroatoms. The van der Waals surface area contributed by atoms with Crippen molar-refractivity contribution in [2.24, 2.45) is 5.73 Å². The highest BCUT2D eigenvalue weighted by atomic mass is 15.2. The van der Waals surface area contributed by atoms with Gasteiger partial charge in [0.05, 0.1) is 0 Å². The molecule has 0 radical (unpaired) electrons. The van der Waals surface area contributed by atoms with Crippen LogP contribution >= 0.6 is 0 Å². The summed E-state index contributed by atoms with van der Waals surface area (Å²) in [5.41, 5.74) is 5.97. The van der Waals surface area contributed by atoms with Crippen LogP contribution in [-0.2, 0) is 0 Å². The van der Waals surface area contributed by atoms with Gasteiger partial charge in [0, 0.05) is 18.1 Å². The Morgan fingerprint density at radius 2 is 1.83 bits per heavy atom. The van der Waals surface area contributed by atoms with E-state index in [-0.39, 0.29) is 5.54 Å². The maximum absolute atomic E-state index is 5.79. The van der Waals surface area contributed by atoms with Gasteiger partial charge in [-0.3, -0.25) is 4.90 Å². The van der Waals surface area contributed by atoms with Crippen molar-refractivity contribution >= 4 is 0 Å². The van der Waals surface area contributed by atoms with Crippen LogP contribution in [0.1, 0.15) is 41.0 Å². The maximum atomic E-state index is 5.79. The molecule has 0 bridgehead atoms. The van der Waals surface area contributed by atoms with E-state index in [9.17, 15) is 0 Å². The van der Waals surface area contributed by atoms with E-state index in [0.29, 0.717) is 6.04 Å². The van der Waals surface area contributed by atoms with Crippen LogP contribution in [-0.4, -0.2) is 29.6 Å². The van der Waals surface area contributed by atoms with E-state index in [1.165, 1.54) is 0 Å². The lowest BCUT2D eigenvalue weighted by atomic mass is 9.95. The smallest absolute Gasteiger partial charge is 0.0303 e. The fourth-order valence-electron chi connectivity index (χ4n) is 1.83. The molecule has 0 aromatic heterocycles. The van der Waals surface area contributed by atoms with Gasteiger partial charge in [0.15, 0.2) is 0 Å². The van der Waals surface area contributed by atoms with E-state index in [2.05, 4.69) is 39.5 Å². The number of hydrogen-bond acceptors (Lipinski definition) is 2. The number of likely N-dealkylation sites (N-methyl/N-ethyl adjacent to an activating group) is 1. The largest absolute Gasteiger partial charge is 0.329 e. The summed E-state index contributed by atoms with van der Waals surface area (Å²) in [4.78, 5) is 2.47. The van der Waals surface area contributed by atoms with Gasteiger partial charge in [-0.15, -0.1) is 0 Å². The van der Waals surface area contributed by atoms with Crippen LogP contribution < -0.4 is 5.73 Å². The lowest BCUT2D eigenvalue weighted by molar-refractivity contribution is 0.0789. The molecule has 0 aliphatic heterocycles. The van der Waals surface area contributed by atoms with Gasteiger partial charge in [0.1, 0.15) is 0 Å². The predicted molar refractivity (Wildman–Crippen MR) is 55.3 cm³/mol. The van der Waals surface area contributed by atoms with E-state index in [1.54, 1.807) is 0 Å². The molecule has 1 atom stereocenters. The molecule has 0 saturated carbocycles. The van der Waals surface area contributed by atoms with E-state index in [1.807, 2.05) is 0 Å². The molecule has 2 N–H and O–H groups in total. The zero-order valence-electron chi connectivity index (χ0n) is 9.22. The molecule has 0 heterocycles. The Kier molecular flexibility index (Phi) is 4.80. The third-order valence-electron chi connectivity index (χ3n) is 2.86. The lowest BCUT2D eigenvalue weighted by Gasteiger charge is -2.42. The average molecular weight is 172 g/mol. The van der Waals surface area contributed by atoms with E-state index < -0.39 is 0 Å². The molecule has 0 aliphatic rings. The van der Waals surface area contributed by atoms with Crippen LogP contribution in [0.2, 0.25) is 0 Å². The molecule has 1 unspecified atom stereocenters. The van der Waals surface area contributed by atoms with Gasteiger partial charge in [-0.25, -0.2) is 0 Å². The van der Waals surface area contributed by atoms with Gasteiger partial charge >= 0.3 is 0 Å². The number of hydrogen-bond donors (Lipinski definition) is 1. The maximum Gasteiger partial charge on any atom is 0.0303 e. The summed E-state index contributed by atoms with van der Waals surface area (Å²) in [5, 5.41) is 0. The quantitative estimate of drug-likeness (QED) is 0.685. The minimum Gasteiger partial charge on any atom is -0.329 e. The van der Waals surface area contributed by atoms with Crippen LogP contribution in [0.15, 0.2) is 0 Å². The van der Waals surface area contributed by atoms with Crippen LogP contribution in [0, 0.1) is 0 Å². The Morgan fingerprint density at radius 1 is 1.33 bits per heavy atom. The molecule has 0 amide bonds. The zero-order chi connectivity index (χ0) is 9.78. The Labute approximate surface area is 77.1 Å². The Bertz CT molecular complexity index is 117. The highest BCUT2D eigenvalue weighted by Crippen LogP contribution is 2.20. The van der Waals surface area contributed by atoms with E-state index >= 15 is 0 Å².